The number of nitrogens with zero attached hydrogens (tertiary/aromatic N) is 1. The van der Waals surface area contributed by atoms with Crippen molar-refractivity contribution in [2.24, 2.45) is 0 Å². The van der Waals surface area contributed by atoms with Crippen LogP contribution in [0.4, 0.5) is 0 Å². The fourth-order valence-electron chi connectivity index (χ4n) is 4.37. The lowest BCUT2D eigenvalue weighted by Gasteiger charge is -2.36. The topological polar surface area (TPSA) is 35.5 Å². The number of ether oxygens (including phenoxy) is 2. The molecule has 2 rings (SSSR count). The van der Waals surface area contributed by atoms with Crippen molar-refractivity contribution in [3.63, 3.8) is 0 Å². The summed E-state index contributed by atoms with van der Waals surface area (Å²) < 4.78 is 11.9. The van der Waals surface area contributed by atoms with E-state index >= 15 is 0 Å². The molecule has 0 aliphatic heterocycles. The maximum atomic E-state index is 12.8. The number of carbonyl (C=O) groups excluding carboxylic acids is 1. The van der Waals surface area contributed by atoms with E-state index in [4.69, 9.17) is 9.47 Å². The number of rotatable bonds is 16. The zero-order chi connectivity index (χ0) is 23.9. The molecule has 2 aromatic rings. The number of aryl methyl sites for hydroxylation is 1. The molecular formula is C29H44NO3+. The fourth-order valence-corrected chi connectivity index (χ4v) is 4.37. The van der Waals surface area contributed by atoms with E-state index < -0.39 is 0 Å². The molecular weight excluding hydrogens is 410 g/mol. The summed E-state index contributed by atoms with van der Waals surface area (Å²) in [7, 11) is 4.18. The van der Waals surface area contributed by atoms with Crippen molar-refractivity contribution in [1.29, 1.82) is 0 Å². The molecule has 0 aliphatic rings. The molecule has 0 bridgehead atoms. The van der Waals surface area contributed by atoms with Crippen molar-refractivity contribution in [3.8, 4) is 5.75 Å². The molecule has 4 heteroatoms. The molecule has 0 heterocycles. The van der Waals surface area contributed by atoms with E-state index in [-0.39, 0.29) is 18.6 Å². The number of hydrogen-bond donors (Lipinski definition) is 0. The predicted octanol–water partition coefficient (Wildman–Crippen LogP) is 6.57. The molecule has 0 spiro atoms. The second-order valence-electron chi connectivity index (χ2n) is 9.52. The van der Waals surface area contributed by atoms with Crippen LogP contribution in [0.5, 0.6) is 5.75 Å². The summed E-state index contributed by atoms with van der Waals surface area (Å²) in [6, 6.07) is 18.4. The first-order valence-corrected chi connectivity index (χ1v) is 12.7. The first kappa shape index (κ1) is 26.9. The lowest BCUT2D eigenvalue weighted by molar-refractivity contribution is -0.919. The highest BCUT2D eigenvalue weighted by molar-refractivity contribution is 5.74. The van der Waals surface area contributed by atoms with Gasteiger partial charge in [0.05, 0.1) is 14.1 Å². The highest BCUT2D eigenvalue weighted by Gasteiger charge is 2.34. The molecule has 0 N–H and O–H groups in total. The minimum absolute atomic E-state index is 0.156. The molecule has 0 radical (unpaired) electrons. The number of carbonyl (C=O) groups is 1. The lowest BCUT2D eigenvalue weighted by atomic mass is 10.0. The van der Waals surface area contributed by atoms with Crippen molar-refractivity contribution in [1.82, 2.24) is 0 Å². The van der Waals surface area contributed by atoms with E-state index in [1.165, 1.54) is 49.7 Å². The number of likely N-dealkylation sites (N-methyl/N-ethyl adjacent to an activating group) is 1. The minimum atomic E-state index is -0.202. The molecule has 0 saturated heterocycles. The molecule has 0 saturated carbocycles. The second-order valence-corrected chi connectivity index (χ2v) is 9.52. The SMILES string of the molecule is CCCCCCCCc1ccc(OCCOC(=O)C(CC)[N+](C)(C)Cc2ccccc2)cc1. The first-order chi connectivity index (χ1) is 16.0. The van der Waals surface area contributed by atoms with Gasteiger partial charge in [-0.05, 0) is 30.5 Å². The smallest absolute Gasteiger partial charge is 0.365 e. The van der Waals surface area contributed by atoms with Crippen LogP contribution in [0.2, 0.25) is 0 Å². The Morgan fingerprint density at radius 3 is 2.15 bits per heavy atom. The number of benzene rings is 2. The van der Waals surface area contributed by atoms with Gasteiger partial charge in [0, 0.05) is 12.0 Å². The Morgan fingerprint density at radius 1 is 0.818 bits per heavy atom. The van der Waals surface area contributed by atoms with Gasteiger partial charge in [-0.25, -0.2) is 4.79 Å². The average Bonchev–Trinajstić information content (AvgIpc) is 2.80. The third-order valence-electron chi connectivity index (χ3n) is 6.27. The number of hydrogen-bond acceptors (Lipinski definition) is 3. The molecule has 0 aromatic heterocycles. The Kier molecular flexibility index (Phi) is 12.0. The minimum Gasteiger partial charge on any atom is -0.490 e. The van der Waals surface area contributed by atoms with Crippen molar-refractivity contribution in [3.05, 3.63) is 65.7 Å². The van der Waals surface area contributed by atoms with Crippen molar-refractivity contribution in [2.75, 3.05) is 27.3 Å². The maximum absolute atomic E-state index is 12.8. The standard InChI is InChI=1S/C29H44NO3/c1-5-7-8-9-10-12-15-25-18-20-27(21-19-25)32-22-23-33-29(31)28(6-2)30(3,4)24-26-16-13-11-14-17-26/h11,13-14,16-21,28H,5-10,12,15,22-24H2,1-4H3/q+1. The normalized spacial score (nSPS) is 12.4. The van der Waals surface area contributed by atoms with Gasteiger partial charge in [-0.15, -0.1) is 0 Å². The number of quaternary nitrogens is 1. The van der Waals surface area contributed by atoms with Gasteiger partial charge in [-0.2, -0.15) is 0 Å². The Bertz CT molecular complexity index is 786. The van der Waals surface area contributed by atoms with E-state index in [9.17, 15) is 4.79 Å². The van der Waals surface area contributed by atoms with Gasteiger partial charge in [0.25, 0.3) is 0 Å². The molecule has 1 unspecified atom stereocenters. The third kappa shape index (κ3) is 10.00. The number of unbranched alkanes of at least 4 members (excludes halogenated alkanes) is 5. The van der Waals surface area contributed by atoms with Crippen molar-refractivity contribution < 1.29 is 18.8 Å². The van der Waals surface area contributed by atoms with Crippen LogP contribution >= 0.6 is 0 Å². The van der Waals surface area contributed by atoms with Gasteiger partial charge < -0.3 is 14.0 Å². The van der Waals surface area contributed by atoms with E-state index in [2.05, 4.69) is 45.3 Å². The molecule has 182 valence electrons. The molecule has 2 aromatic carbocycles. The van der Waals surface area contributed by atoms with Crippen LogP contribution in [0.1, 0.15) is 69.9 Å². The van der Waals surface area contributed by atoms with E-state index in [1.54, 1.807) is 0 Å². The van der Waals surface area contributed by atoms with Gasteiger partial charge in [-0.3, -0.25) is 0 Å². The summed E-state index contributed by atoms with van der Waals surface area (Å²) in [5.41, 5.74) is 2.57. The monoisotopic (exact) mass is 454 g/mol. The van der Waals surface area contributed by atoms with Crippen LogP contribution < -0.4 is 4.74 Å². The lowest BCUT2D eigenvalue weighted by Crippen LogP contribution is -2.52. The molecule has 4 nitrogen and oxygen atoms in total. The largest absolute Gasteiger partial charge is 0.490 e. The van der Waals surface area contributed by atoms with E-state index in [0.717, 1.165) is 25.1 Å². The molecule has 0 aliphatic carbocycles. The highest BCUT2D eigenvalue weighted by Crippen LogP contribution is 2.18. The van der Waals surface area contributed by atoms with Gasteiger partial charge in [0.1, 0.15) is 25.5 Å². The van der Waals surface area contributed by atoms with Crippen LogP contribution in [-0.4, -0.2) is 43.8 Å². The molecule has 0 amide bonds. The second kappa shape index (κ2) is 14.7. The van der Waals surface area contributed by atoms with Crippen LogP contribution in [0.15, 0.2) is 54.6 Å². The van der Waals surface area contributed by atoms with Crippen LogP contribution in [-0.2, 0) is 22.5 Å². The van der Waals surface area contributed by atoms with E-state index in [1.807, 2.05) is 37.3 Å². The van der Waals surface area contributed by atoms with Gasteiger partial charge in [0.2, 0.25) is 0 Å². The fraction of sp³-hybridized carbons (Fsp3) is 0.552. The van der Waals surface area contributed by atoms with Gasteiger partial charge in [0.15, 0.2) is 6.04 Å². The molecule has 0 fully saturated rings. The van der Waals surface area contributed by atoms with Crippen LogP contribution in [0, 0.1) is 0 Å². The predicted molar refractivity (Wildman–Crippen MR) is 136 cm³/mol. The molecule has 33 heavy (non-hydrogen) atoms. The number of esters is 1. The zero-order valence-electron chi connectivity index (χ0n) is 21.2. The quantitative estimate of drug-likeness (QED) is 0.163. The Balaban J connectivity index is 1.69. The van der Waals surface area contributed by atoms with E-state index in [0.29, 0.717) is 11.1 Å². The first-order valence-electron chi connectivity index (χ1n) is 12.7. The Morgan fingerprint density at radius 2 is 1.48 bits per heavy atom. The average molecular weight is 455 g/mol. The summed E-state index contributed by atoms with van der Waals surface area (Å²) in [6.45, 7) is 5.71. The third-order valence-corrected chi connectivity index (χ3v) is 6.27. The summed E-state index contributed by atoms with van der Waals surface area (Å²) >= 11 is 0. The highest BCUT2D eigenvalue weighted by atomic mass is 16.6. The van der Waals surface area contributed by atoms with Gasteiger partial charge in [-0.1, -0.05) is 88.4 Å². The summed E-state index contributed by atoms with van der Waals surface area (Å²) in [5, 5.41) is 0. The summed E-state index contributed by atoms with van der Waals surface area (Å²) in [6.07, 6.45) is 9.77. The summed E-state index contributed by atoms with van der Waals surface area (Å²) in [5.74, 6) is 0.668. The zero-order valence-corrected chi connectivity index (χ0v) is 21.2. The van der Waals surface area contributed by atoms with Crippen molar-refractivity contribution in [2.45, 2.75) is 77.8 Å². The Hall–Kier alpha value is -2.33. The molecule has 1 atom stereocenters. The van der Waals surface area contributed by atoms with Crippen LogP contribution in [0.25, 0.3) is 0 Å². The Labute approximate surface area is 201 Å². The van der Waals surface area contributed by atoms with Crippen molar-refractivity contribution >= 4 is 5.97 Å². The summed E-state index contributed by atoms with van der Waals surface area (Å²) in [4.78, 5) is 12.8. The van der Waals surface area contributed by atoms with Crippen LogP contribution in [0.3, 0.4) is 0 Å². The maximum Gasteiger partial charge on any atom is 0.365 e. The van der Waals surface area contributed by atoms with Gasteiger partial charge >= 0.3 is 5.97 Å².